The van der Waals surface area contributed by atoms with Crippen molar-refractivity contribution in [2.24, 2.45) is 0 Å². The molecule has 3 heterocycles. The van der Waals surface area contributed by atoms with Gasteiger partial charge in [-0.25, -0.2) is 15.0 Å². The van der Waals surface area contributed by atoms with Crippen LogP contribution in [-0.2, 0) is 6.54 Å². The van der Waals surface area contributed by atoms with Gasteiger partial charge in [-0.3, -0.25) is 5.10 Å². The third-order valence-corrected chi connectivity index (χ3v) is 3.26. The van der Waals surface area contributed by atoms with Crippen molar-refractivity contribution >= 4 is 28.2 Å². The molecule has 0 fully saturated rings. The smallest absolute Gasteiger partial charge is 0.160 e. The van der Waals surface area contributed by atoms with E-state index in [1.165, 1.54) is 11.2 Å². The molecule has 0 radical (unpaired) electrons. The van der Waals surface area contributed by atoms with Crippen LogP contribution >= 0.6 is 11.3 Å². The number of aromatic nitrogens is 5. The van der Waals surface area contributed by atoms with E-state index in [1.54, 1.807) is 17.5 Å². The molecule has 86 valence electrons. The van der Waals surface area contributed by atoms with Crippen molar-refractivity contribution in [3.63, 3.8) is 0 Å². The summed E-state index contributed by atoms with van der Waals surface area (Å²) in [5.41, 5.74) is 0.739. The average molecular weight is 246 g/mol. The fourth-order valence-corrected chi connectivity index (χ4v) is 2.30. The molecule has 6 nitrogen and oxygen atoms in total. The van der Waals surface area contributed by atoms with Gasteiger partial charge in [-0.05, 0) is 6.92 Å². The number of hydrogen-bond acceptors (Lipinski definition) is 6. The summed E-state index contributed by atoms with van der Waals surface area (Å²) < 4.78 is 0. The van der Waals surface area contributed by atoms with Gasteiger partial charge in [0.15, 0.2) is 5.65 Å². The normalized spacial score (nSPS) is 10.9. The molecule has 0 amide bonds. The molecule has 0 spiro atoms. The number of nitrogens with zero attached hydrogens (tertiary/aromatic N) is 4. The number of nitrogens with one attached hydrogen (secondary N) is 2. The highest BCUT2D eigenvalue weighted by Crippen LogP contribution is 2.18. The minimum absolute atomic E-state index is 0.711. The maximum absolute atomic E-state index is 4.21. The van der Waals surface area contributed by atoms with Gasteiger partial charge in [-0.2, -0.15) is 5.10 Å². The number of fused-ring (bicyclic) bond motifs is 1. The molecule has 2 N–H and O–H groups in total. The number of aryl methyl sites for hydroxylation is 1. The lowest BCUT2D eigenvalue weighted by Crippen LogP contribution is -2.00. The van der Waals surface area contributed by atoms with E-state index in [1.807, 2.05) is 13.1 Å². The van der Waals surface area contributed by atoms with E-state index in [2.05, 4.69) is 30.5 Å². The Morgan fingerprint density at radius 1 is 1.29 bits per heavy atom. The summed E-state index contributed by atoms with van der Waals surface area (Å²) in [5, 5.41) is 12.0. The van der Waals surface area contributed by atoms with E-state index < -0.39 is 0 Å². The molecule has 0 saturated carbocycles. The second kappa shape index (κ2) is 4.10. The van der Waals surface area contributed by atoms with Crippen LogP contribution in [0.25, 0.3) is 11.0 Å². The molecule has 17 heavy (non-hydrogen) atoms. The molecular weight excluding hydrogens is 236 g/mol. The Morgan fingerprint density at radius 2 is 2.24 bits per heavy atom. The second-order valence-electron chi connectivity index (χ2n) is 3.55. The van der Waals surface area contributed by atoms with E-state index in [-0.39, 0.29) is 0 Å². The van der Waals surface area contributed by atoms with Crippen LogP contribution in [0.4, 0.5) is 5.82 Å². The van der Waals surface area contributed by atoms with E-state index in [4.69, 9.17) is 0 Å². The lowest BCUT2D eigenvalue weighted by atomic mass is 10.4. The third kappa shape index (κ3) is 1.96. The molecule has 0 atom stereocenters. The topological polar surface area (TPSA) is 79.4 Å². The zero-order valence-corrected chi connectivity index (χ0v) is 9.95. The van der Waals surface area contributed by atoms with Crippen molar-refractivity contribution in [2.75, 3.05) is 5.32 Å². The number of anilines is 1. The monoisotopic (exact) mass is 246 g/mol. The average Bonchev–Trinajstić information content (AvgIpc) is 2.94. The molecule has 0 aromatic carbocycles. The van der Waals surface area contributed by atoms with Gasteiger partial charge in [0.25, 0.3) is 0 Å². The summed E-state index contributed by atoms with van der Waals surface area (Å²) in [5.74, 6) is 0.787. The predicted molar refractivity (Wildman–Crippen MR) is 65.9 cm³/mol. The fourth-order valence-electron chi connectivity index (χ4n) is 1.56. The van der Waals surface area contributed by atoms with Gasteiger partial charge in [0, 0.05) is 11.1 Å². The highest BCUT2D eigenvalue weighted by Gasteiger charge is 2.05. The second-order valence-corrected chi connectivity index (χ2v) is 4.87. The van der Waals surface area contributed by atoms with Crippen LogP contribution in [0.1, 0.15) is 9.88 Å². The molecule has 0 aliphatic heterocycles. The van der Waals surface area contributed by atoms with Crippen molar-refractivity contribution in [1.82, 2.24) is 25.1 Å². The molecule has 3 aromatic rings. The van der Waals surface area contributed by atoms with Crippen LogP contribution in [-0.4, -0.2) is 25.1 Å². The van der Waals surface area contributed by atoms with Gasteiger partial charge in [0.2, 0.25) is 0 Å². The van der Waals surface area contributed by atoms with Gasteiger partial charge in [-0.15, -0.1) is 11.3 Å². The summed E-state index contributed by atoms with van der Waals surface area (Å²) >= 11 is 1.67. The minimum atomic E-state index is 0.711. The first kappa shape index (κ1) is 10.2. The predicted octanol–water partition coefficient (Wildman–Crippen LogP) is 1.73. The number of aromatic amines is 1. The minimum Gasteiger partial charge on any atom is -0.364 e. The van der Waals surface area contributed by atoms with Crippen LogP contribution in [0.2, 0.25) is 0 Å². The molecular formula is C10H10N6S. The van der Waals surface area contributed by atoms with Crippen molar-refractivity contribution in [3.8, 4) is 0 Å². The highest BCUT2D eigenvalue weighted by atomic mass is 32.1. The third-order valence-electron chi connectivity index (χ3n) is 2.35. The Hall–Kier alpha value is -2.02. The number of thiazole rings is 1. The zero-order chi connectivity index (χ0) is 11.7. The Labute approximate surface area is 101 Å². The first-order chi connectivity index (χ1) is 8.33. The van der Waals surface area contributed by atoms with E-state index in [9.17, 15) is 0 Å². The van der Waals surface area contributed by atoms with Gasteiger partial charge in [0.05, 0.1) is 23.1 Å². The first-order valence-corrected chi connectivity index (χ1v) is 5.94. The molecule has 0 unspecified atom stereocenters. The summed E-state index contributed by atoms with van der Waals surface area (Å²) in [7, 11) is 0. The summed E-state index contributed by atoms with van der Waals surface area (Å²) in [4.78, 5) is 13.7. The number of hydrogen-bond donors (Lipinski definition) is 2. The molecule has 7 heteroatoms. The van der Waals surface area contributed by atoms with Crippen LogP contribution < -0.4 is 5.32 Å². The van der Waals surface area contributed by atoms with Gasteiger partial charge < -0.3 is 5.32 Å². The van der Waals surface area contributed by atoms with Crippen LogP contribution in [0, 0.1) is 6.92 Å². The van der Waals surface area contributed by atoms with E-state index in [0.29, 0.717) is 6.54 Å². The van der Waals surface area contributed by atoms with Crippen molar-refractivity contribution in [2.45, 2.75) is 13.5 Å². The SMILES string of the molecule is Cc1ncc(CNc2ncnc3[nH]ncc23)s1. The quantitative estimate of drug-likeness (QED) is 0.735. The van der Waals surface area contributed by atoms with E-state index >= 15 is 0 Å². The largest absolute Gasteiger partial charge is 0.364 e. The molecule has 3 rings (SSSR count). The van der Waals surface area contributed by atoms with Gasteiger partial charge in [-0.1, -0.05) is 0 Å². The zero-order valence-electron chi connectivity index (χ0n) is 9.14. The fraction of sp³-hybridized carbons (Fsp3) is 0.200. The Kier molecular flexibility index (Phi) is 2.45. The maximum atomic E-state index is 4.21. The standard InChI is InChI=1S/C10H10N6S/c1-6-11-2-7(17-6)3-12-9-8-4-15-16-10(8)14-5-13-9/h2,4-5H,3H2,1H3,(H2,12,13,14,15,16). The van der Waals surface area contributed by atoms with Crippen LogP contribution in [0.3, 0.4) is 0 Å². The van der Waals surface area contributed by atoms with Crippen molar-refractivity contribution < 1.29 is 0 Å². The maximum Gasteiger partial charge on any atom is 0.160 e. The molecule has 0 aliphatic carbocycles. The number of rotatable bonds is 3. The summed E-state index contributed by atoms with van der Waals surface area (Å²) in [6.07, 6.45) is 5.11. The molecule has 0 bridgehead atoms. The lowest BCUT2D eigenvalue weighted by molar-refractivity contribution is 1.08. The summed E-state index contributed by atoms with van der Waals surface area (Å²) in [6, 6.07) is 0. The molecule has 3 aromatic heterocycles. The Morgan fingerprint density at radius 3 is 3.06 bits per heavy atom. The highest BCUT2D eigenvalue weighted by molar-refractivity contribution is 7.11. The van der Waals surface area contributed by atoms with Crippen LogP contribution in [0.5, 0.6) is 0 Å². The molecule has 0 saturated heterocycles. The van der Waals surface area contributed by atoms with Crippen molar-refractivity contribution in [3.05, 3.63) is 28.6 Å². The Balaban J connectivity index is 1.83. The molecule has 0 aliphatic rings. The van der Waals surface area contributed by atoms with Crippen molar-refractivity contribution in [1.29, 1.82) is 0 Å². The van der Waals surface area contributed by atoms with Crippen LogP contribution in [0.15, 0.2) is 18.7 Å². The van der Waals surface area contributed by atoms with Gasteiger partial charge >= 0.3 is 0 Å². The number of H-pyrrole nitrogens is 1. The van der Waals surface area contributed by atoms with E-state index in [0.717, 1.165) is 21.9 Å². The summed E-state index contributed by atoms with van der Waals surface area (Å²) in [6.45, 7) is 2.70. The first-order valence-electron chi connectivity index (χ1n) is 5.12. The van der Waals surface area contributed by atoms with Gasteiger partial charge in [0.1, 0.15) is 12.1 Å². The lowest BCUT2D eigenvalue weighted by Gasteiger charge is -2.03. The Bertz CT molecular complexity index is 643.